The van der Waals surface area contributed by atoms with Crippen LogP contribution in [0, 0.1) is 30.7 Å². The van der Waals surface area contributed by atoms with Crippen molar-refractivity contribution in [2.45, 2.75) is 80.6 Å². The van der Waals surface area contributed by atoms with Gasteiger partial charge in [0.2, 0.25) is 0 Å². The first-order valence-corrected chi connectivity index (χ1v) is 15.7. The number of hydrogen-bond donors (Lipinski definition) is 1. The summed E-state index contributed by atoms with van der Waals surface area (Å²) in [6.45, 7) is 14.7. The second-order valence-corrected chi connectivity index (χ2v) is 11.9. The van der Waals surface area contributed by atoms with Crippen LogP contribution in [-0.4, -0.2) is 15.9 Å². The molecule has 229 valence electrons. The van der Waals surface area contributed by atoms with Crippen LogP contribution in [0.4, 0.5) is 0 Å². The number of aromatic nitrogens is 1. The smallest absolute Gasteiger partial charge is 0.162 e. The Labute approximate surface area is 271 Å². The van der Waals surface area contributed by atoms with Crippen molar-refractivity contribution in [2.75, 3.05) is 0 Å². The molecule has 3 nitrogen and oxygen atoms in total. The Balaban J connectivity index is 0.000000274. The molecule has 1 heterocycles. The molecule has 0 atom stereocenters. The van der Waals surface area contributed by atoms with E-state index in [4.69, 9.17) is 4.98 Å². The summed E-state index contributed by atoms with van der Waals surface area (Å²) in [5.41, 5.74) is 3.62. The molecule has 0 fully saturated rings. The molecule has 5 aromatic rings. The van der Waals surface area contributed by atoms with Gasteiger partial charge in [0.15, 0.2) is 5.78 Å². The fraction of sp³-hybridized carbons (Fsp3) is 0.385. The number of pyridine rings is 1. The summed E-state index contributed by atoms with van der Waals surface area (Å²) >= 11 is 0. The summed E-state index contributed by atoms with van der Waals surface area (Å²) in [5.74, 6) is 1.18. The number of hydrogen-bond acceptors (Lipinski definition) is 3. The van der Waals surface area contributed by atoms with Crippen molar-refractivity contribution in [1.82, 2.24) is 4.98 Å². The molecule has 0 amide bonds. The Morgan fingerprint density at radius 3 is 2.00 bits per heavy atom. The zero-order valence-electron chi connectivity index (χ0n) is 26.8. The van der Waals surface area contributed by atoms with Gasteiger partial charge in [-0.2, -0.15) is 0 Å². The van der Waals surface area contributed by atoms with E-state index in [-0.39, 0.29) is 43.5 Å². The first kappa shape index (κ1) is 34.4. The van der Waals surface area contributed by atoms with Gasteiger partial charge in [-0.25, -0.2) is 0 Å². The van der Waals surface area contributed by atoms with E-state index >= 15 is 0 Å². The second kappa shape index (κ2) is 15.6. The molecule has 4 heteroatoms. The van der Waals surface area contributed by atoms with E-state index in [1.54, 1.807) is 0 Å². The van der Waals surface area contributed by atoms with Crippen molar-refractivity contribution >= 4 is 49.0 Å². The number of ketones is 1. The molecule has 0 aliphatic carbocycles. The van der Waals surface area contributed by atoms with Crippen LogP contribution >= 0.6 is 0 Å². The number of carbonyl (C=O) groups is 1. The van der Waals surface area contributed by atoms with E-state index in [1.807, 2.05) is 27.7 Å². The van der Waals surface area contributed by atoms with Crippen LogP contribution in [0.2, 0.25) is 0 Å². The fourth-order valence-corrected chi connectivity index (χ4v) is 6.12. The SMILES string of the molecule is CCC(CC)C(=O)/C=C(\O)C(CC)CC.Cc1[c-]c2c(ccc3c4cccc(CC(C)C)c4cnc23)c2ccccc12.[Ir]. The number of fused-ring (bicyclic) bond motifs is 7. The molecule has 0 bridgehead atoms. The molecule has 0 aliphatic rings. The number of aliphatic hydroxyl groups excluding tert-OH is 1. The molecule has 1 aromatic heterocycles. The van der Waals surface area contributed by atoms with Crippen molar-refractivity contribution in [2.24, 2.45) is 17.8 Å². The minimum atomic E-state index is 0. The van der Waals surface area contributed by atoms with Crippen LogP contribution in [0.5, 0.6) is 0 Å². The molecular formula is C39H46IrNO2-. The minimum Gasteiger partial charge on any atom is -0.512 e. The predicted octanol–water partition coefficient (Wildman–Crippen LogP) is 10.9. The van der Waals surface area contributed by atoms with E-state index in [9.17, 15) is 9.90 Å². The molecular weight excluding hydrogens is 707 g/mol. The van der Waals surface area contributed by atoms with E-state index in [1.165, 1.54) is 49.5 Å². The third kappa shape index (κ3) is 7.54. The zero-order chi connectivity index (χ0) is 30.4. The van der Waals surface area contributed by atoms with E-state index < -0.39 is 0 Å². The number of carbonyl (C=O) groups excluding carboxylic acids is 1. The fourth-order valence-electron chi connectivity index (χ4n) is 6.12. The molecule has 5 rings (SSSR count). The molecule has 1 radical (unpaired) electrons. The van der Waals surface area contributed by atoms with Gasteiger partial charge in [-0.05, 0) is 59.9 Å². The van der Waals surface area contributed by atoms with Crippen molar-refractivity contribution in [3.05, 3.63) is 89.8 Å². The molecule has 0 saturated carbocycles. The van der Waals surface area contributed by atoms with Crippen molar-refractivity contribution in [3.8, 4) is 0 Å². The van der Waals surface area contributed by atoms with E-state index in [2.05, 4.69) is 87.6 Å². The topological polar surface area (TPSA) is 50.2 Å². The van der Waals surface area contributed by atoms with Crippen molar-refractivity contribution < 1.29 is 30.0 Å². The van der Waals surface area contributed by atoms with E-state index in [0.29, 0.717) is 5.92 Å². The molecule has 0 aliphatic heterocycles. The molecule has 0 saturated heterocycles. The number of allylic oxidation sites excluding steroid dienone is 2. The van der Waals surface area contributed by atoms with Gasteiger partial charge in [-0.3, -0.25) is 4.79 Å². The van der Waals surface area contributed by atoms with Gasteiger partial charge in [0.1, 0.15) is 0 Å². The summed E-state index contributed by atoms with van der Waals surface area (Å²) in [4.78, 5) is 16.6. The van der Waals surface area contributed by atoms with Crippen LogP contribution in [0.15, 0.2) is 72.6 Å². The molecule has 0 unspecified atom stereocenters. The summed E-state index contributed by atoms with van der Waals surface area (Å²) in [6.07, 6.45) is 8.05. The van der Waals surface area contributed by atoms with E-state index in [0.717, 1.165) is 43.0 Å². The average Bonchev–Trinajstić information content (AvgIpc) is 2.98. The first-order valence-electron chi connectivity index (χ1n) is 15.7. The average molecular weight is 753 g/mol. The number of benzene rings is 4. The third-order valence-electron chi connectivity index (χ3n) is 8.63. The summed E-state index contributed by atoms with van der Waals surface area (Å²) < 4.78 is 0. The van der Waals surface area contributed by atoms with Crippen LogP contribution in [0.1, 0.15) is 78.4 Å². The van der Waals surface area contributed by atoms with Gasteiger partial charge in [-0.1, -0.05) is 119 Å². The monoisotopic (exact) mass is 753 g/mol. The standard InChI is InChI=1S/C26H22N.C13H24O2.Ir/c1-16(2)13-18-7-6-10-21-23-12-11-22-20-9-5-4-8-19(20)17(3)14-24(22)26(23)27-15-25(18)21;1-5-10(6-2)12(14)9-13(15)11(7-3)8-4;/h4-12,15-16H,13H2,1-3H3;9-11,14H,5-8H2,1-4H3;/q-1;;/b;12-9-;. The van der Waals surface area contributed by atoms with Gasteiger partial charge in [-0.15, -0.1) is 17.0 Å². The summed E-state index contributed by atoms with van der Waals surface area (Å²) in [7, 11) is 0. The number of rotatable bonds is 9. The number of aryl methyl sites for hydroxylation is 1. The molecule has 1 N–H and O–H groups in total. The molecule has 0 spiro atoms. The largest absolute Gasteiger partial charge is 0.512 e. The van der Waals surface area contributed by atoms with Gasteiger partial charge in [0, 0.05) is 49.6 Å². The Morgan fingerprint density at radius 1 is 0.791 bits per heavy atom. The summed E-state index contributed by atoms with van der Waals surface area (Å²) in [6, 6.07) is 23.3. The van der Waals surface area contributed by atoms with Gasteiger partial charge < -0.3 is 10.1 Å². The Bertz CT molecular complexity index is 1730. The number of aliphatic hydroxyl groups is 1. The number of nitrogens with zero attached hydrogens (tertiary/aromatic N) is 1. The van der Waals surface area contributed by atoms with Gasteiger partial charge >= 0.3 is 0 Å². The maximum absolute atomic E-state index is 11.7. The van der Waals surface area contributed by atoms with Gasteiger partial charge in [0.05, 0.1) is 5.76 Å². The molecule has 4 aromatic carbocycles. The zero-order valence-corrected chi connectivity index (χ0v) is 29.1. The quantitative estimate of drug-likeness (QED) is 0.0706. The van der Waals surface area contributed by atoms with Gasteiger partial charge in [0.25, 0.3) is 0 Å². The Kier molecular flexibility index (Phi) is 12.5. The maximum atomic E-state index is 11.7. The van der Waals surface area contributed by atoms with Crippen LogP contribution < -0.4 is 0 Å². The van der Waals surface area contributed by atoms with Crippen molar-refractivity contribution in [1.29, 1.82) is 0 Å². The normalized spacial score (nSPS) is 11.9. The van der Waals surface area contributed by atoms with Crippen LogP contribution in [0.25, 0.3) is 43.2 Å². The molecule has 43 heavy (non-hydrogen) atoms. The minimum absolute atomic E-state index is 0. The van der Waals surface area contributed by atoms with Crippen LogP contribution in [0.3, 0.4) is 0 Å². The summed E-state index contributed by atoms with van der Waals surface area (Å²) in [5, 5.41) is 18.4. The maximum Gasteiger partial charge on any atom is 0.162 e. The Hall–Kier alpha value is -3.07. The third-order valence-corrected chi connectivity index (χ3v) is 8.63. The van der Waals surface area contributed by atoms with Crippen LogP contribution in [-0.2, 0) is 31.3 Å². The van der Waals surface area contributed by atoms with Crippen molar-refractivity contribution in [3.63, 3.8) is 0 Å². The predicted molar refractivity (Wildman–Crippen MR) is 180 cm³/mol. The second-order valence-electron chi connectivity index (χ2n) is 11.9. The Morgan fingerprint density at radius 2 is 1.37 bits per heavy atom. The first-order chi connectivity index (χ1) is 20.2.